The Kier molecular flexibility index (Phi) is 6.02. The molecule has 1 aliphatic carbocycles. The van der Waals surface area contributed by atoms with E-state index < -0.39 is 0 Å². The minimum absolute atomic E-state index is 0.164. The van der Waals surface area contributed by atoms with Crippen LogP contribution in [0, 0.1) is 0 Å². The average molecular weight is 276 g/mol. The highest BCUT2D eigenvalue weighted by Crippen LogP contribution is 2.22. The summed E-state index contributed by atoms with van der Waals surface area (Å²) >= 11 is 0. The van der Waals surface area contributed by atoms with Gasteiger partial charge >= 0.3 is 0 Å². The van der Waals surface area contributed by atoms with E-state index in [-0.39, 0.29) is 12.1 Å². The lowest BCUT2D eigenvalue weighted by Gasteiger charge is -2.32. The summed E-state index contributed by atoms with van der Waals surface area (Å²) < 4.78 is 0. The van der Waals surface area contributed by atoms with Gasteiger partial charge in [-0.3, -0.25) is 4.90 Å². The summed E-state index contributed by atoms with van der Waals surface area (Å²) in [5, 5.41) is 13.5. The number of hydrogen-bond acceptors (Lipinski definition) is 3. The Morgan fingerprint density at radius 3 is 2.45 bits per heavy atom. The number of benzene rings is 1. The predicted octanol–water partition coefficient (Wildman–Crippen LogP) is 2.57. The fourth-order valence-corrected chi connectivity index (χ4v) is 3.24. The maximum Gasteiger partial charge on any atom is 0.0693 e. The van der Waals surface area contributed by atoms with Gasteiger partial charge in [-0.15, -0.1) is 0 Å². The average Bonchev–Trinajstić information content (AvgIpc) is 2.90. The van der Waals surface area contributed by atoms with E-state index in [1.54, 1.807) is 0 Å². The van der Waals surface area contributed by atoms with Gasteiger partial charge in [0.05, 0.1) is 6.10 Å². The Hall–Kier alpha value is -0.900. The van der Waals surface area contributed by atoms with Crippen LogP contribution in [0.4, 0.5) is 0 Å². The molecule has 3 heteroatoms. The van der Waals surface area contributed by atoms with Crippen molar-refractivity contribution in [1.29, 1.82) is 0 Å². The fraction of sp³-hybridized carbons (Fsp3) is 0.647. The Balaban J connectivity index is 2.03. The van der Waals surface area contributed by atoms with E-state index in [0.717, 1.165) is 38.9 Å². The number of nitrogens with zero attached hydrogens (tertiary/aromatic N) is 1. The molecule has 0 heterocycles. The Morgan fingerprint density at radius 2 is 1.90 bits per heavy atom. The summed E-state index contributed by atoms with van der Waals surface area (Å²) in [6.07, 6.45) is 3.02. The lowest BCUT2D eigenvalue weighted by Crippen LogP contribution is -2.42. The molecule has 1 aromatic rings. The lowest BCUT2D eigenvalue weighted by atomic mass is 10.0. The van der Waals surface area contributed by atoms with Crippen molar-refractivity contribution in [2.75, 3.05) is 19.6 Å². The first-order valence-corrected chi connectivity index (χ1v) is 7.96. The molecule has 0 spiro atoms. The second-order valence-electron chi connectivity index (χ2n) is 5.66. The molecule has 0 amide bonds. The molecule has 0 radical (unpaired) electrons. The number of likely N-dealkylation sites (N-methyl/N-ethyl adjacent to an activating group) is 1. The molecule has 2 rings (SSSR count). The molecule has 112 valence electrons. The third kappa shape index (κ3) is 3.81. The maximum atomic E-state index is 9.95. The van der Waals surface area contributed by atoms with Gasteiger partial charge in [0.2, 0.25) is 0 Å². The monoisotopic (exact) mass is 276 g/mol. The quantitative estimate of drug-likeness (QED) is 0.803. The molecule has 20 heavy (non-hydrogen) atoms. The van der Waals surface area contributed by atoms with Gasteiger partial charge in [-0.25, -0.2) is 0 Å². The highest BCUT2D eigenvalue weighted by molar-refractivity contribution is 5.19. The third-order valence-corrected chi connectivity index (χ3v) is 4.49. The summed E-state index contributed by atoms with van der Waals surface area (Å²) in [4.78, 5) is 2.48. The third-order valence-electron chi connectivity index (χ3n) is 4.49. The molecular formula is C17H28N2O. The van der Waals surface area contributed by atoms with Gasteiger partial charge in [-0.05, 0) is 37.9 Å². The number of nitrogens with one attached hydrogen (secondary N) is 1. The van der Waals surface area contributed by atoms with E-state index in [0.29, 0.717) is 6.04 Å². The fourth-order valence-electron chi connectivity index (χ4n) is 3.24. The first kappa shape index (κ1) is 15.5. The molecule has 1 aliphatic rings. The molecule has 3 nitrogen and oxygen atoms in total. The van der Waals surface area contributed by atoms with Gasteiger partial charge in [0, 0.05) is 18.6 Å². The van der Waals surface area contributed by atoms with Crippen LogP contribution < -0.4 is 5.32 Å². The molecule has 1 aromatic carbocycles. The molecule has 0 aromatic heterocycles. The molecule has 0 aliphatic heterocycles. The van der Waals surface area contributed by atoms with Crippen LogP contribution in [0.15, 0.2) is 30.3 Å². The van der Waals surface area contributed by atoms with Crippen LogP contribution >= 0.6 is 0 Å². The number of hydrogen-bond donors (Lipinski definition) is 2. The van der Waals surface area contributed by atoms with Gasteiger partial charge in [0.25, 0.3) is 0 Å². The van der Waals surface area contributed by atoms with E-state index in [9.17, 15) is 5.11 Å². The van der Waals surface area contributed by atoms with Crippen molar-refractivity contribution in [2.45, 2.75) is 51.3 Å². The molecule has 0 bridgehead atoms. The summed E-state index contributed by atoms with van der Waals surface area (Å²) in [5.74, 6) is 0. The first-order chi connectivity index (χ1) is 9.76. The molecule has 0 saturated heterocycles. The Morgan fingerprint density at radius 1 is 1.20 bits per heavy atom. The van der Waals surface area contributed by atoms with Gasteiger partial charge in [-0.1, -0.05) is 44.2 Å². The second-order valence-corrected chi connectivity index (χ2v) is 5.66. The molecule has 2 N–H and O–H groups in total. The van der Waals surface area contributed by atoms with Crippen molar-refractivity contribution in [3.05, 3.63) is 35.9 Å². The van der Waals surface area contributed by atoms with Crippen molar-refractivity contribution in [3.63, 3.8) is 0 Å². The second kappa shape index (κ2) is 7.77. The van der Waals surface area contributed by atoms with Crippen LogP contribution in [0.3, 0.4) is 0 Å². The van der Waals surface area contributed by atoms with E-state index in [1.165, 1.54) is 5.56 Å². The highest BCUT2D eigenvalue weighted by Gasteiger charge is 2.26. The smallest absolute Gasteiger partial charge is 0.0693 e. The van der Waals surface area contributed by atoms with Crippen molar-refractivity contribution < 1.29 is 5.11 Å². The minimum atomic E-state index is -0.164. The molecule has 1 fully saturated rings. The molecule has 1 saturated carbocycles. The lowest BCUT2D eigenvalue weighted by molar-refractivity contribution is 0.138. The van der Waals surface area contributed by atoms with Crippen molar-refractivity contribution in [3.8, 4) is 0 Å². The standard InChI is InChI=1S/C17H28N2O/c1-3-19(4-2)16(14-9-6-5-7-10-14)13-18-15-11-8-12-17(15)20/h5-7,9-10,15-18,20H,3-4,8,11-13H2,1-2H3. The maximum absolute atomic E-state index is 9.95. The summed E-state index contributed by atoms with van der Waals surface area (Å²) in [6.45, 7) is 7.43. The minimum Gasteiger partial charge on any atom is -0.392 e. The van der Waals surface area contributed by atoms with Gasteiger partial charge in [-0.2, -0.15) is 0 Å². The highest BCUT2D eigenvalue weighted by atomic mass is 16.3. The van der Waals surface area contributed by atoms with Gasteiger partial charge in [0.15, 0.2) is 0 Å². The van der Waals surface area contributed by atoms with E-state index >= 15 is 0 Å². The summed E-state index contributed by atoms with van der Waals surface area (Å²) in [6, 6.07) is 11.4. The topological polar surface area (TPSA) is 35.5 Å². The summed E-state index contributed by atoms with van der Waals surface area (Å²) in [7, 11) is 0. The van der Waals surface area contributed by atoms with E-state index in [1.807, 2.05) is 0 Å². The van der Waals surface area contributed by atoms with Crippen LogP contribution in [0.2, 0.25) is 0 Å². The summed E-state index contributed by atoms with van der Waals surface area (Å²) in [5.41, 5.74) is 1.36. The Bertz CT molecular complexity index is 378. The van der Waals surface area contributed by atoms with E-state index in [2.05, 4.69) is 54.4 Å². The van der Waals surface area contributed by atoms with Crippen molar-refractivity contribution in [2.24, 2.45) is 0 Å². The zero-order chi connectivity index (χ0) is 14.4. The van der Waals surface area contributed by atoms with Gasteiger partial charge in [0.1, 0.15) is 0 Å². The molecule has 3 unspecified atom stereocenters. The predicted molar refractivity (Wildman–Crippen MR) is 83.8 cm³/mol. The SMILES string of the molecule is CCN(CC)C(CNC1CCCC1O)c1ccccc1. The van der Waals surface area contributed by atoms with Crippen LogP contribution in [0.5, 0.6) is 0 Å². The largest absolute Gasteiger partial charge is 0.392 e. The number of aliphatic hydroxyl groups is 1. The molecular weight excluding hydrogens is 248 g/mol. The zero-order valence-corrected chi connectivity index (χ0v) is 12.8. The van der Waals surface area contributed by atoms with Crippen LogP contribution in [0.1, 0.15) is 44.7 Å². The van der Waals surface area contributed by atoms with Crippen LogP contribution in [0.25, 0.3) is 0 Å². The number of aliphatic hydroxyl groups excluding tert-OH is 1. The van der Waals surface area contributed by atoms with Crippen molar-refractivity contribution >= 4 is 0 Å². The zero-order valence-electron chi connectivity index (χ0n) is 12.8. The van der Waals surface area contributed by atoms with Crippen LogP contribution in [-0.4, -0.2) is 41.8 Å². The molecule has 3 atom stereocenters. The normalized spacial score (nSPS) is 24.2. The van der Waals surface area contributed by atoms with E-state index in [4.69, 9.17) is 0 Å². The van der Waals surface area contributed by atoms with Crippen molar-refractivity contribution in [1.82, 2.24) is 10.2 Å². The first-order valence-electron chi connectivity index (χ1n) is 7.96. The van der Waals surface area contributed by atoms with Gasteiger partial charge < -0.3 is 10.4 Å². The van der Waals surface area contributed by atoms with Crippen LogP contribution in [-0.2, 0) is 0 Å². The Labute approximate surface area is 123 Å². The number of rotatable bonds is 7.